The molecule has 2 amide bonds. The summed E-state index contributed by atoms with van der Waals surface area (Å²) in [6, 6.07) is 7.65. The monoisotopic (exact) mass is 342 g/mol. The van der Waals surface area contributed by atoms with Gasteiger partial charge in [-0.3, -0.25) is 9.59 Å². The molecule has 1 N–H and O–H groups in total. The van der Waals surface area contributed by atoms with E-state index in [1.54, 1.807) is 11.1 Å². The van der Waals surface area contributed by atoms with E-state index in [1.807, 2.05) is 30.3 Å². The molecular formula is C20H26N2O3. The number of fused-ring (bicyclic) bond motifs is 1. The van der Waals surface area contributed by atoms with Crippen LogP contribution in [0.2, 0.25) is 0 Å². The number of benzene rings is 1. The van der Waals surface area contributed by atoms with Crippen molar-refractivity contribution < 1.29 is 14.3 Å². The molecule has 3 rings (SSSR count). The first kappa shape index (κ1) is 17.7. The van der Waals surface area contributed by atoms with Crippen molar-refractivity contribution in [2.75, 3.05) is 19.8 Å². The lowest BCUT2D eigenvalue weighted by atomic mass is 9.93. The molecule has 5 nitrogen and oxygen atoms in total. The highest BCUT2D eigenvalue weighted by Crippen LogP contribution is 2.32. The minimum atomic E-state index is -0.246. The van der Waals surface area contributed by atoms with Crippen LogP contribution in [0.3, 0.4) is 0 Å². The molecule has 1 heterocycles. The lowest BCUT2D eigenvalue weighted by Crippen LogP contribution is -2.35. The minimum absolute atomic E-state index is 0.0384. The van der Waals surface area contributed by atoms with Crippen LogP contribution in [0.5, 0.6) is 0 Å². The molecule has 1 atom stereocenters. The lowest BCUT2D eigenvalue weighted by Gasteiger charge is -2.32. The Morgan fingerprint density at radius 3 is 2.84 bits per heavy atom. The molecule has 1 aliphatic carbocycles. The van der Waals surface area contributed by atoms with E-state index in [1.165, 1.54) is 19.8 Å². The molecule has 0 aromatic heterocycles. The highest BCUT2D eigenvalue weighted by molar-refractivity contribution is 5.81. The predicted octanol–water partition coefficient (Wildman–Crippen LogP) is 2.88. The van der Waals surface area contributed by atoms with E-state index >= 15 is 0 Å². The van der Waals surface area contributed by atoms with Gasteiger partial charge in [-0.15, -0.1) is 0 Å². The van der Waals surface area contributed by atoms with Crippen LogP contribution >= 0.6 is 0 Å². The highest BCUT2D eigenvalue weighted by atomic mass is 16.5. The van der Waals surface area contributed by atoms with Crippen molar-refractivity contribution in [2.45, 2.75) is 38.6 Å². The third-order valence-corrected chi connectivity index (χ3v) is 4.69. The molecule has 1 saturated carbocycles. The number of nitrogens with one attached hydrogen (secondary N) is 1. The molecule has 1 aliphatic heterocycles. The van der Waals surface area contributed by atoms with Crippen molar-refractivity contribution in [3.05, 3.63) is 41.6 Å². The quantitative estimate of drug-likeness (QED) is 0.739. The minimum Gasteiger partial charge on any atom is -0.381 e. The maximum Gasteiger partial charge on any atom is 0.223 e. The molecule has 0 radical (unpaired) electrons. The smallest absolute Gasteiger partial charge is 0.223 e. The van der Waals surface area contributed by atoms with Crippen LogP contribution in [0.15, 0.2) is 30.5 Å². The van der Waals surface area contributed by atoms with Gasteiger partial charge >= 0.3 is 0 Å². The summed E-state index contributed by atoms with van der Waals surface area (Å²) in [6.07, 6.45) is 7.36. The van der Waals surface area contributed by atoms with Crippen LogP contribution in [0, 0.1) is 5.92 Å². The summed E-state index contributed by atoms with van der Waals surface area (Å²) in [5.74, 6) is 0.673. The summed E-state index contributed by atoms with van der Waals surface area (Å²) in [5.41, 5.74) is 2.08. The molecule has 1 unspecified atom stereocenters. The summed E-state index contributed by atoms with van der Waals surface area (Å²) >= 11 is 0. The molecule has 0 saturated heterocycles. The number of nitrogens with zero attached hydrogens (tertiary/aromatic N) is 1. The van der Waals surface area contributed by atoms with E-state index in [9.17, 15) is 9.59 Å². The van der Waals surface area contributed by atoms with E-state index in [-0.39, 0.29) is 24.3 Å². The van der Waals surface area contributed by atoms with Crippen molar-refractivity contribution >= 4 is 17.9 Å². The Hall–Kier alpha value is -2.14. The first-order chi connectivity index (χ1) is 12.1. The average molecular weight is 342 g/mol. The number of rotatable bonds is 8. The Balaban J connectivity index is 1.49. The fourth-order valence-corrected chi connectivity index (χ4v) is 3.10. The molecule has 1 aromatic rings. The van der Waals surface area contributed by atoms with Gasteiger partial charge in [-0.1, -0.05) is 24.3 Å². The first-order valence-electron chi connectivity index (χ1n) is 9.05. The van der Waals surface area contributed by atoms with Crippen molar-refractivity contribution in [2.24, 2.45) is 5.92 Å². The van der Waals surface area contributed by atoms with Crippen LogP contribution in [-0.4, -0.2) is 36.5 Å². The van der Waals surface area contributed by atoms with Gasteiger partial charge in [-0.25, -0.2) is 0 Å². The van der Waals surface area contributed by atoms with E-state index in [0.717, 1.165) is 30.1 Å². The largest absolute Gasteiger partial charge is 0.381 e. The normalized spacial score (nSPS) is 18.8. The Bertz CT molecular complexity index is 652. The van der Waals surface area contributed by atoms with E-state index < -0.39 is 0 Å². The van der Waals surface area contributed by atoms with Crippen LogP contribution in [0.25, 0.3) is 6.08 Å². The fraction of sp³-hybridized carbons (Fsp3) is 0.500. The van der Waals surface area contributed by atoms with Crippen LogP contribution < -0.4 is 5.32 Å². The fourth-order valence-electron chi connectivity index (χ4n) is 3.10. The molecule has 5 heteroatoms. The summed E-state index contributed by atoms with van der Waals surface area (Å²) in [4.78, 5) is 25.9. The molecular weight excluding hydrogens is 316 g/mol. The summed E-state index contributed by atoms with van der Waals surface area (Å²) in [6.45, 7) is 3.67. The SMILES string of the molecule is CC(=O)N1C=Cc2ccccc2C1CC(=O)NCCCOCC1CC1. The molecule has 0 bridgehead atoms. The van der Waals surface area contributed by atoms with E-state index in [0.29, 0.717) is 13.2 Å². The van der Waals surface area contributed by atoms with E-state index in [4.69, 9.17) is 4.74 Å². The Labute approximate surface area is 149 Å². The number of hydrogen-bond donors (Lipinski definition) is 1. The van der Waals surface area contributed by atoms with Crippen molar-refractivity contribution in [3.8, 4) is 0 Å². The second-order valence-corrected chi connectivity index (χ2v) is 6.81. The van der Waals surface area contributed by atoms with Crippen LogP contribution in [0.4, 0.5) is 0 Å². The molecule has 1 fully saturated rings. The summed E-state index contributed by atoms with van der Waals surface area (Å²) in [5, 5.41) is 2.94. The van der Waals surface area contributed by atoms with Crippen molar-refractivity contribution in [1.29, 1.82) is 0 Å². The number of carbonyl (C=O) groups excluding carboxylic acids is 2. The van der Waals surface area contributed by atoms with Crippen molar-refractivity contribution in [1.82, 2.24) is 10.2 Å². The number of amides is 2. The summed E-state index contributed by atoms with van der Waals surface area (Å²) < 4.78 is 5.57. The van der Waals surface area contributed by atoms with Crippen LogP contribution in [-0.2, 0) is 14.3 Å². The maximum atomic E-state index is 12.3. The Kier molecular flexibility index (Phi) is 5.87. The second kappa shape index (κ2) is 8.30. The topological polar surface area (TPSA) is 58.6 Å². The zero-order valence-corrected chi connectivity index (χ0v) is 14.7. The van der Waals surface area contributed by atoms with Gasteiger partial charge in [0.2, 0.25) is 11.8 Å². The number of ether oxygens (including phenoxy) is 1. The molecule has 25 heavy (non-hydrogen) atoms. The predicted molar refractivity (Wildman–Crippen MR) is 96.5 cm³/mol. The second-order valence-electron chi connectivity index (χ2n) is 6.81. The van der Waals surface area contributed by atoms with Crippen molar-refractivity contribution in [3.63, 3.8) is 0 Å². The zero-order valence-electron chi connectivity index (χ0n) is 14.7. The van der Waals surface area contributed by atoms with Gasteiger partial charge in [0.15, 0.2) is 0 Å². The Morgan fingerprint density at radius 1 is 1.28 bits per heavy atom. The van der Waals surface area contributed by atoms with Crippen LogP contribution in [0.1, 0.15) is 49.8 Å². The highest BCUT2D eigenvalue weighted by Gasteiger charge is 2.28. The molecule has 134 valence electrons. The van der Waals surface area contributed by atoms with Gasteiger partial charge in [-0.05, 0) is 42.4 Å². The third-order valence-electron chi connectivity index (χ3n) is 4.69. The van der Waals surface area contributed by atoms with Gasteiger partial charge in [0.05, 0.1) is 12.5 Å². The third kappa shape index (κ3) is 4.92. The van der Waals surface area contributed by atoms with Gasteiger partial charge in [0.1, 0.15) is 0 Å². The van der Waals surface area contributed by atoms with Gasteiger partial charge in [0.25, 0.3) is 0 Å². The first-order valence-corrected chi connectivity index (χ1v) is 9.05. The maximum absolute atomic E-state index is 12.3. The zero-order chi connectivity index (χ0) is 17.6. The average Bonchev–Trinajstić information content (AvgIpc) is 3.42. The molecule has 1 aromatic carbocycles. The molecule has 2 aliphatic rings. The van der Waals surface area contributed by atoms with Gasteiger partial charge < -0.3 is 15.0 Å². The molecule has 0 spiro atoms. The Morgan fingerprint density at radius 2 is 2.08 bits per heavy atom. The standard InChI is InChI=1S/C20H26N2O3/c1-15(23)22-11-9-17-5-2-3-6-18(17)19(22)13-20(24)21-10-4-12-25-14-16-7-8-16/h2-3,5-6,9,11,16,19H,4,7-8,10,12-14H2,1H3,(H,21,24). The number of carbonyl (C=O) groups is 2. The summed E-state index contributed by atoms with van der Waals surface area (Å²) in [7, 11) is 0. The van der Waals surface area contributed by atoms with Gasteiger partial charge in [0, 0.05) is 32.9 Å². The number of hydrogen-bond acceptors (Lipinski definition) is 3. The lowest BCUT2D eigenvalue weighted by molar-refractivity contribution is -0.129. The van der Waals surface area contributed by atoms with E-state index in [2.05, 4.69) is 5.32 Å². The van der Waals surface area contributed by atoms with Gasteiger partial charge in [-0.2, -0.15) is 0 Å².